The molecule has 0 spiro atoms. The topological polar surface area (TPSA) is 50.1 Å². The van der Waals surface area contributed by atoms with Crippen LogP contribution in [0.3, 0.4) is 0 Å². The fourth-order valence-corrected chi connectivity index (χ4v) is 5.02. The summed E-state index contributed by atoms with van der Waals surface area (Å²) in [5, 5.41) is 0. The molecule has 37 heavy (non-hydrogen) atoms. The molecule has 6 nitrogen and oxygen atoms in total. The van der Waals surface area contributed by atoms with Crippen molar-refractivity contribution in [2.45, 2.75) is 33.7 Å². The quantitative estimate of drug-likeness (QED) is 0.311. The van der Waals surface area contributed by atoms with E-state index in [4.69, 9.17) is 9.72 Å². The van der Waals surface area contributed by atoms with Crippen molar-refractivity contribution in [3.63, 3.8) is 0 Å². The first-order valence-electron chi connectivity index (χ1n) is 13.3. The first kappa shape index (κ1) is 25.0. The van der Waals surface area contributed by atoms with Crippen molar-refractivity contribution in [2.75, 3.05) is 32.8 Å². The van der Waals surface area contributed by atoms with Gasteiger partial charge in [0.05, 0.1) is 18.0 Å². The minimum Gasteiger partial charge on any atom is -0.494 e. The molecule has 0 bridgehead atoms. The molecule has 1 fully saturated rings. The van der Waals surface area contributed by atoms with Crippen LogP contribution in [0.15, 0.2) is 72.9 Å². The van der Waals surface area contributed by atoms with Crippen molar-refractivity contribution in [3.05, 3.63) is 78.6 Å². The maximum Gasteiger partial charge on any atom is 0.222 e. The predicted molar refractivity (Wildman–Crippen MR) is 149 cm³/mol. The zero-order chi connectivity index (χ0) is 25.8. The van der Waals surface area contributed by atoms with Gasteiger partial charge in [-0.2, -0.15) is 0 Å². The van der Waals surface area contributed by atoms with Crippen LogP contribution in [0.4, 0.5) is 0 Å². The van der Waals surface area contributed by atoms with E-state index >= 15 is 0 Å². The Balaban J connectivity index is 1.46. The predicted octanol–water partition coefficient (Wildman–Crippen LogP) is 5.76. The monoisotopic (exact) mass is 496 g/mol. The average molecular weight is 497 g/mol. The summed E-state index contributed by atoms with van der Waals surface area (Å²) < 4.78 is 7.97. The van der Waals surface area contributed by atoms with Gasteiger partial charge >= 0.3 is 0 Å². The molecular formula is C31H36N4O2. The fourth-order valence-electron chi connectivity index (χ4n) is 5.02. The lowest BCUT2D eigenvalue weighted by Gasteiger charge is -2.35. The Morgan fingerprint density at radius 3 is 2.41 bits per heavy atom. The SMILES string of the molecule is CCOc1cccc(-c2ccc3nc(-c4ccccc4)c(CN4CCN(C(=O)CC(C)C)CC4)n3c2)c1. The van der Waals surface area contributed by atoms with Gasteiger partial charge in [-0.25, -0.2) is 4.98 Å². The number of hydrogen-bond donors (Lipinski definition) is 0. The van der Waals surface area contributed by atoms with Gasteiger partial charge in [-0.3, -0.25) is 9.69 Å². The van der Waals surface area contributed by atoms with Gasteiger partial charge in [0.25, 0.3) is 0 Å². The first-order valence-corrected chi connectivity index (χ1v) is 13.3. The van der Waals surface area contributed by atoms with E-state index in [2.05, 4.69) is 77.9 Å². The van der Waals surface area contributed by atoms with Gasteiger partial charge in [0.15, 0.2) is 0 Å². The van der Waals surface area contributed by atoms with Crippen LogP contribution < -0.4 is 4.74 Å². The van der Waals surface area contributed by atoms with Gasteiger partial charge in [0, 0.05) is 50.9 Å². The number of carbonyl (C=O) groups excluding carboxylic acids is 1. The van der Waals surface area contributed by atoms with Crippen LogP contribution in [-0.4, -0.2) is 57.9 Å². The van der Waals surface area contributed by atoms with Crippen molar-refractivity contribution >= 4 is 11.6 Å². The first-order chi connectivity index (χ1) is 18.0. The van der Waals surface area contributed by atoms with Gasteiger partial charge in [-0.1, -0.05) is 56.3 Å². The molecule has 0 unspecified atom stereocenters. The Kier molecular flexibility index (Phi) is 7.56. The van der Waals surface area contributed by atoms with E-state index in [0.29, 0.717) is 18.9 Å². The van der Waals surface area contributed by atoms with Crippen LogP contribution in [0.5, 0.6) is 5.75 Å². The van der Waals surface area contributed by atoms with E-state index in [1.807, 2.05) is 30.0 Å². The summed E-state index contributed by atoms with van der Waals surface area (Å²) in [6.45, 7) is 10.9. The number of benzene rings is 2. The third kappa shape index (κ3) is 5.70. The van der Waals surface area contributed by atoms with E-state index in [-0.39, 0.29) is 5.91 Å². The number of piperazine rings is 1. The number of carbonyl (C=O) groups is 1. The number of fused-ring (bicyclic) bond motifs is 1. The van der Waals surface area contributed by atoms with Gasteiger partial charge in [0.2, 0.25) is 5.91 Å². The Morgan fingerprint density at radius 2 is 1.68 bits per heavy atom. The molecule has 4 aromatic rings. The molecule has 2 aromatic heterocycles. The van der Waals surface area contributed by atoms with Crippen LogP contribution in [-0.2, 0) is 11.3 Å². The minimum atomic E-state index is 0.272. The lowest BCUT2D eigenvalue weighted by atomic mass is 10.1. The number of amides is 1. The lowest BCUT2D eigenvalue weighted by Crippen LogP contribution is -2.48. The van der Waals surface area contributed by atoms with E-state index in [1.165, 1.54) is 5.69 Å². The summed E-state index contributed by atoms with van der Waals surface area (Å²) >= 11 is 0. The zero-order valence-corrected chi connectivity index (χ0v) is 22.1. The van der Waals surface area contributed by atoms with E-state index in [1.54, 1.807) is 0 Å². The number of hydrogen-bond acceptors (Lipinski definition) is 4. The number of aromatic nitrogens is 2. The molecule has 0 radical (unpaired) electrons. The number of rotatable bonds is 8. The average Bonchev–Trinajstić information content (AvgIpc) is 3.27. The maximum absolute atomic E-state index is 12.6. The molecule has 6 heteroatoms. The molecular weight excluding hydrogens is 460 g/mol. The van der Waals surface area contributed by atoms with Crippen molar-refractivity contribution < 1.29 is 9.53 Å². The molecule has 3 heterocycles. The molecule has 1 saturated heterocycles. The standard InChI is InChI=1S/C31H36N4O2/c1-4-37-27-12-8-11-25(20-27)26-13-14-29-32-31(24-9-6-5-7-10-24)28(35(29)21-26)22-33-15-17-34(18-16-33)30(36)19-23(2)3/h5-14,20-21,23H,4,15-19,22H2,1-3H3. The van der Waals surface area contributed by atoms with Crippen molar-refractivity contribution in [1.82, 2.24) is 19.2 Å². The minimum absolute atomic E-state index is 0.272. The van der Waals surface area contributed by atoms with E-state index in [9.17, 15) is 4.79 Å². The van der Waals surface area contributed by atoms with Crippen molar-refractivity contribution in [2.24, 2.45) is 5.92 Å². The summed E-state index contributed by atoms with van der Waals surface area (Å²) in [7, 11) is 0. The van der Waals surface area contributed by atoms with Gasteiger partial charge in [-0.15, -0.1) is 0 Å². The summed E-state index contributed by atoms with van der Waals surface area (Å²) in [4.78, 5) is 22.1. The summed E-state index contributed by atoms with van der Waals surface area (Å²) in [5.41, 5.74) is 6.48. The molecule has 0 N–H and O–H groups in total. The Bertz CT molecular complexity index is 1350. The summed E-state index contributed by atoms with van der Waals surface area (Å²) in [5.74, 6) is 1.54. The normalized spacial score (nSPS) is 14.4. The number of ether oxygens (including phenoxy) is 1. The highest BCUT2D eigenvalue weighted by Gasteiger charge is 2.24. The second kappa shape index (κ2) is 11.2. The highest BCUT2D eigenvalue weighted by molar-refractivity contribution is 5.76. The lowest BCUT2D eigenvalue weighted by molar-refractivity contribution is -0.133. The number of pyridine rings is 1. The molecule has 0 aliphatic carbocycles. The molecule has 1 aliphatic heterocycles. The molecule has 1 amide bonds. The third-order valence-corrected chi connectivity index (χ3v) is 6.92. The molecule has 5 rings (SSSR count). The van der Waals surface area contributed by atoms with Gasteiger partial charge in [-0.05, 0) is 48.2 Å². The van der Waals surface area contributed by atoms with Gasteiger partial charge < -0.3 is 14.0 Å². The maximum atomic E-state index is 12.6. The third-order valence-electron chi connectivity index (χ3n) is 6.92. The molecule has 1 aliphatic rings. The molecule has 0 saturated carbocycles. The molecule has 2 aromatic carbocycles. The van der Waals surface area contributed by atoms with Crippen molar-refractivity contribution in [1.29, 1.82) is 0 Å². The van der Waals surface area contributed by atoms with Crippen LogP contribution in [0.1, 0.15) is 32.9 Å². The second-order valence-electron chi connectivity index (χ2n) is 10.1. The van der Waals surface area contributed by atoms with Crippen LogP contribution >= 0.6 is 0 Å². The van der Waals surface area contributed by atoms with E-state index in [0.717, 1.165) is 66.5 Å². The molecule has 0 atom stereocenters. The smallest absolute Gasteiger partial charge is 0.222 e. The highest BCUT2D eigenvalue weighted by atomic mass is 16.5. The Hall–Kier alpha value is -3.64. The Morgan fingerprint density at radius 1 is 0.919 bits per heavy atom. The zero-order valence-electron chi connectivity index (χ0n) is 22.1. The summed E-state index contributed by atoms with van der Waals surface area (Å²) in [6.07, 6.45) is 2.82. The van der Waals surface area contributed by atoms with Gasteiger partial charge in [0.1, 0.15) is 11.4 Å². The fraction of sp³-hybridized carbons (Fsp3) is 0.355. The van der Waals surface area contributed by atoms with Crippen LogP contribution in [0.2, 0.25) is 0 Å². The number of imidazole rings is 1. The largest absolute Gasteiger partial charge is 0.494 e. The number of nitrogens with zero attached hydrogens (tertiary/aromatic N) is 4. The molecule has 192 valence electrons. The van der Waals surface area contributed by atoms with Crippen molar-refractivity contribution in [3.8, 4) is 28.1 Å². The van der Waals surface area contributed by atoms with E-state index < -0.39 is 0 Å². The Labute approximate surface area is 219 Å². The highest BCUT2D eigenvalue weighted by Crippen LogP contribution is 2.30. The van der Waals surface area contributed by atoms with Crippen LogP contribution in [0.25, 0.3) is 28.0 Å². The summed E-state index contributed by atoms with van der Waals surface area (Å²) in [6, 6.07) is 22.9. The van der Waals surface area contributed by atoms with Crippen LogP contribution in [0, 0.1) is 5.92 Å². The second-order valence-corrected chi connectivity index (χ2v) is 10.1.